The van der Waals surface area contributed by atoms with E-state index in [1.54, 1.807) is 55.6 Å². The van der Waals surface area contributed by atoms with Crippen LogP contribution in [0.2, 0.25) is 5.02 Å². The van der Waals surface area contributed by atoms with Crippen molar-refractivity contribution in [1.82, 2.24) is 4.90 Å². The number of ether oxygens (including phenoxy) is 1. The number of carbonyl (C=O) groups is 1. The Kier molecular flexibility index (Phi) is 8.19. The van der Waals surface area contributed by atoms with Crippen LogP contribution in [0, 0.1) is 0 Å². The Morgan fingerprint density at radius 3 is 2.44 bits per heavy atom. The number of primary amides is 1. The molecule has 0 saturated heterocycles. The van der Waals surface area contributed by atoms with Crippen LogP contribution in [0.3, 0.4) is 0 Å². The second-order valence-electron chi connectivity index (χ2n) is 7.91. The standard InChI is InChI=1S/C25H24ClF3N2O3/c1-31(14-19(32)15-34-23-5-3-2-4-21(23)24(30)33)13-16-6-8-17(9-7-16)20-11-10-18(26)12-22(20)25(27,28)29/h2-12,19,32H,13-15H2,1H3,(H2,30,33). The Balaban J connectivity index is 1.59. The highest BCUT2D eigenvalue weighted by molar-refractivity contribution is 6.30. The van der Waals surface area contributed by atoms with Crippen LogP contribution in [-0.2, 0) is 12.7 Å². The number of hydrogen-bond donors (Lipinski definition) is 2. The van der Waals surface area contributed by atoms with Crippen LogP contribution in [-0.4, -0.2) is 42.2 Å². The Morgan fingerprint density at radius 1 is 1.12 bits per heavy atom. The van der Waals surface area contributed by atoms with Crippen LogP contribution in [0.4, 0.5) is 13.2 Å². The Labute approximate surface area is 200 Å². The molecule has 1 amide bonds. The number of carbonyl (C=O) groups excluding carboxylic acids is 1. The highest BCUT2D eigenvalue weighted by atomic mass is 35.5. The van der Waals surface area contributed by atoms with E-state index in [4.69, 9.17) is 22.1 Å². The number of aliphatic hydroxyl groups is 1. The maximum absolute atomic E-state index is 13.4. The van der Waals surface area contributed by atoms with Gasteiger partial charge in [0, 0.05) is 18.1 Å². The van der Waals surface area contributed by atoms with Crippen molar-refractivity contribution in [2.24, 2.45) is 5.73 Å². The maximum Gasteiger partial charge on any atom is 0.417 e. The number of aliphatic hydroxyl groups excluding tert-OH is 1. The molecule has 3 N–H and O–H groups in total. The fourth-order valence-electron chi connectivity index (χ4n) is 3.56. The fourth-order valence-corrected chi connectivity index (χ4v) is 3.74. The zero-order valence-electron chi connectivity index (χ0n) is 18.3. The van der Waals surface area contributed by atoms with Crippen LogP contribution in [0.25, 0.3) is 11.1 Å². The summed E-state index contributed by atoms with van der Waals surface area (Å²) in [4.78, 5) is 13.3. The van der Waals surface area contributed by atoms with Gasteiger partial charge in [0.15, 0.2) is 0 Å². The van der Waals surface area contributed by atoms with Crippen LogP contribution in [0.15, 0.2) is 66.7 Å². The molecule has 0 fully saturated rings. The summed E-state index contributed by atoms with van der Waals surface area (Å²) >= 11 is 5.76. The first kappa shape index (κ1) is 25.6. The van der Waals surface area contributed by atoms with Crippen molar-refractivity contribution < 1.29 is 27.8 Å². The smallest absolute Gasteiger partial charge is 0.417 e. The summed E-state index contributed by atoms with van der Waals surface area (Å²) in [5.41, 5.74) is 6.11. The minimum atomic E-state index is -4.52. The predicted molar refractivity (Wildman–Crippen MR) is 125 cm³/mol. The molecule has 9 heteroatoms. The largest absolute Gasteiger partial charge is 0.490 e. The molecule has 0 aliphatic carbocycles. The Morgan fingerprint density at radius 2 is 1.79 bits per heavy atom. The van der Waals surface area contributed by atoms with Gasteiger partial charge in [-0.05, 0) is 48.0 Å². The molecule has 0 radical (unpaired) electrons. The van der Waals surface area contributed by atoms with Gasteiger partial charge in [0.2, 0.25) is 0 Å². The zero-order chi connectivity index (χ0) is 24.9. The summed E-state index contributed by atoms with van der Waals surface area (Å²) in [5, 5.41) is 10.3. The van der Waals surface area contributed by atoms with Crippen LogP contribution in [0.1, 0.15) is 21.5 Å². The molecule has 0 aliphatic rings. The first-order valence-electron chi connectivity index (χ1n) is 10.4. The molecule has 1 unspecified atom stereocenters. The second-order valence-corrected chi connectivity index (χ2v) is 8.34. The molecular formula is C25H24ClF3N2O3. The lowest BCUT2D eigenvalue weighted by atomic mass is 9.98. The first-order valence-corrected chi connectivity index (χ1v) is 10.8. The molecule has 0 heterocycles. The molecule has 180 valence electrons. The Bertz CT molecular complexity index is 1140. The number of nitrogens with zero attached hydrogens (tertiary/aromatic N) is 1. The molecule has 0 spiro atoms. The monoisotopic (exact) mass is 492 g/mol. The van der Waals surface area contributed by atoms with Crippen molar-refractivity contribution >= 4 is 17.5 Å². The molecule has 0 saturated carbocycles. The summed E-state index contributed by atoms with van der Waals surface area (Å²) < 4.78 is 45.7. The normalized spacial score (nSPS) is 12.6. The number of halogens is 4. The third-order valence-corrected chi connectivity index (χ3v) is 5.35. The van der Waals surface area contributed by atoms with Gasteiger partial charge >= 0.3 is 6.18 Å². The molecule has 3 aromatic carbocycles. The third kappa shape index (κ3) is 6.72. The molecule has 0 aromatic heterocycles. The first-order chi connectivity index (χ1) is 16.0. The summed E-state index contributed by atoms with van der Waals surface area (Å²) in [6.07, 6.45) is -5.36. The van der Waals surface area contributed by atoms with E-state index in [0.29, 0.717) is 17.9 Å². The lowest BCUT2D eigenvalue weighted by Gasteiger charge is -2.21. The van der Waals surface area contributed by atoms with Crippen LogP contribution < -0.4 is 10.5 Å². The topological polar surface area (TPSA) is 75.8 Å². The lowest BCUT2D eigenvalue weighted by molar-refractivity contribution is -0.137. The van der Waals surface area contributed by atoms with Crippen LogP contribution in [0.5, 0.6) is 5.75 Å². The predicted octanol–water partition coefficient (Wildman–Crippen LogP) is 5.00. The van der Waals surface area contributed by atoms with Crippen molar-refractivity contribution in [1.29, 1.82) is 0 Å². The van der Waals surface area contributed by atoms with Gasteiger partial charge in [0.1, 0.15) is 18.5 Å². The number of alkyl halides is 3. The van der Waals surface area contributed by atoms with Crippen molar-refractivity contribution in [2.75, 3.05) is 20.2 Å². The van der Waals surface area contributed by atoms with Gasteiger partial charge in [0.25, 0.3) is 5.91 Å². The van der Waals surface area contributed by atoms with Crippen molar-refractivity contribution in [3.63, 3.8) is 0 Å². The average Bonchev–Trinajstić information content (AvgIpc) is 2.77. The third-order valence-electron chi connectivity index (χ3n) is 5.11. The van der Waals surface area contributed by atoms with E-state index in [0.717, 1.165) is 11.6 Å². The molecule has 3 rings (SSSR count). The van der Waals surface area contributed by atoms with Crippen molar-refractivity contribution in [3.05, 3.63) is 88.4 Å². The van der Waals surface area contributed by atoms with E-state index in [-0.39, 0.29) is 29.3 Å². The number of para-hydroxylation sites is 1. The molecule has 0 bridgehead atoms. The number of amides is 1. The minimum Gasteiger partial charge on any atom is -0.490 e. The van der Waals surface area contributed by atoms with Gasteiger partial charge in [-0.25, -0.2) is 0 Å². The summed E-state index contributed by atoms with van der Waals surface area (Å²) in [6, 6.07) is 17.0. The SMILES string of the molecule is CN(Cc1ccc(-c2ccc(Cl)cc2C(F)(F)F)cc1)CC(O)COc1ccccc1C(N)=O. The number of likely N-dealkylation sites (N-methyl/N-ethyl adjacent to an activating group) is 1. The molecule has 1 atom stereocenters. The minimum absolute atomic E-state index is 0.0231. The van der Waals surface area contributed by atoms with E-state index < -0.39 is 23.8 Å². The van der Waals surface area contributed by atoms with Crippen molar-refractivity contribution in [3.8, 4) is 16.9 Å². The van der Waals surface area contributed by atoms with E-state index in [2.05, 4.69) is 0 Å². The highest BCUT2D eigenvalue weighted by Gasteiger charge is 2.33. The summed E-state index contributed by atoms with van der Waals surface area (Å²) in [5.74, 6) is -0.320. The second kappa shape index (κ2) is 10.9. The number of benzene rings is 3. The number of rotatable bonds is 9. The van der Waals surface area contributed by atoms with Gasteiger partial charge < -0.3 is 15.6 Å². The van der Waals surface area contributed by atoms with E-state index in [9.17, 15) is 23.1 Å². The van der Waals surface area contributed by atoms with E-state index >= 15 is 0 Å². The molecule has 5 nitrogen and oxygen atoms in total. The summed E-state index contributed by atoms with van der Waals surface area (Å²) in [6.45, 7) is 0.697. The number of nitrogens with two attached hydrogens (primary N) is 1. The molecular weight excluding hydrogens is 469 g/mol. The summed E-state index contributed by atoms with van der Waals surface area (Å²) in [7, 11) is 1.80. The Hall–Kier alpha value is -3.07. The highest BCUT2D eigenvalue weighted by Crippen LogP contribution is 2.38. The quantitative estimate of drug-likeness (QED) is 0.441. The lowest BCUT2D eigenvalue weighted by Crippen LogP contribution is -2.33. The molecule has 3 aromatic rings. The van der Waals surface area contributed by atoms with Gasteiger partial charge in [-0.1, -0.05) is 54.1 Å². The van der Waals surface area contributed by atoms with Gasteiger partial charge in [-0.3, -0.25) is 9.69 Å². The molecule has 0 aliphatic heterocycles. The van der Waals surface area contributed by atoms with E-state index in [1.165, 1.54) is 12.1 Å². The molecule has 34 heavy (non-hydrogen) atoms. The van der Waals surface area contributed by atoms with Gasteiger partial charge in [-0.15, -0.1) is 0 Å². The number of hydrogen-bond acceptors (Lipinski definition) is 4. The maximum atomic E-state index is 13.4. The fraction of sp³-hybridized carbons (Fsp3) is 0.240. The van der Waals surface area contributed by atoms with Gasteiger partial charge in [-0.2, -0.15) is 13.2 Å². The average molecular weight is 493 g/mol. The van der Waals surface area contributed by atoms with Crippen molar-refractivity contribution in [2.45, 2.75) is 18.8 Å². The zero-order valence-corrected chi connectivity index (χ0v) is 19.1. The van der Waals surface area contributed by atoms with Gasteiger partial charge in [0.05, 0.1) is 11.1 Å². The van der Waals surface area contributed by atoms with E-state index in [1.807, 2.05) is 4.90 Å². The van der Waals surface area contributed by atoms with Crippen LogP contribution >= 0.6 is 11.6 Å².